The lowest BCUT2D eigenvalue weighted by molar-refractivity contribution is 1.50. The van der Waals surface area contributed by atoms with Crippen LogP contribution in [-0.2, 0) is 0 Å². The molecular weight excluding hydrogens is 98.1 g/mol. The lowest BCUT2D eigenvalue weighted by Crippen LogP contribution is -1.66. The molecule has 0 atom stereocenters. The summed E-state index contributed by atoms with van der Waals surface area (Å²) < 4.78 is 0. The Morgan fingerprint density at radius 2 is 2.12 bits per heavy atom. The number of hydrogen-bond acceptors (Lipinski definition) is 1. The van der Waals surface area contributed by atoms with Gasteiger partial charge in [-0.05, 0) is 25.5 Å². The Hall–Kier alpha value is -0.850. The molecule has 0 aliphatic rings. The van der Waals surface area contributed by atoms with Crippen molar-refractivity contribution < 1.29 is 0 Å². The third-order valence-electron chi connectivity index (χ3n) is 0.776. The minimum atomic E-state index is 1.11. The van der Waals surface area contributed by atoms with Crippen molar-refractivity contribution in [3.63, 3.8) is 0 Å². The van der Waals surface area contributed by atoms with Crippen molar-refractivity contribution in [3.8, 4) is 0 Å². The van der Waals surface area contributed by atoms with Crippen molar-refractivity contribution in [3.05, 3.63) is 23.8 Å². The highest BCUT2D eigenvalue weighted by atomic mass is 14.3. The number of rotatable bonds is 2. The van der Waals surface area contributed by atoms with Gasteiger partial charge in [0.05, 0.1) is 0 Å². The fourth-order valence-corrected chi connectivity index (χ4v) is 0.450. The Morgan fingerprint density at radius 3 is 2.50 bits per heavy atom. The quantitative estimate of drug-likeness (QED) is 0.415. The van der Waals surface area contributed by atoms with Crippen LogP contribution in [0.2, 0.25) is 0 Å². The van der Waals surface area contributed by atoms with Crippen molar-refractivity contribution in [2.45, 2.75) is 13.8 Å². The van der Waals surface area contributed by atoms with E-state index in [0.29, 0.717) is 0 Å². The molecule has 0 aliphatic heterocycles. The molecule has 8 heavy (non-hydrogen) atoms. The molecule has 1 nitrogen and oxygen atoms in total. The van der Waals surface area contributed by atoms with E-state index in [-0.39, 0.29) is 0 Å². The molecule has 0 aromatic heterocycles. The van der Waals surface area contributed by atoms with Crippen molar-refractivity contribution in [2.75, 3.05) is 0 Å². The highest BCUT2D eigenvalue weighted by Crippen LogP contribution is 1.90. The Labute approximate surface area is 50.2 Å². The van der Waals surface area contributed by atoms with E-state index < -0.39 is 0 Å². The molecule has 0 amide bonds. The normalized spacial score (nSPS) is 12.5. The molecule has 0 saturated carbocycles. The zero-order valence-corrected chi connectivity index (χ0v) is 5.31. The summed E-state index contributed by atoms with van der Waals surface area (Å²) in [4.78, 5) is 0. The van der Waals surface area contributed by atoms with Gasteiger partial charge in [-0.1, -0.05) is 12.2 Å². The maximum Gasteiger partial charge on any atom is 0.0180 e. The van der Waals surface area contributed by atoms with Gasteiger partial charge in [0.1, 0.15) is 0 Å². The van der Waals surface area contributed by atoms with Gasteiger partial charge in [-0.3, -0.25) is 0 Å². The largest absolute Gasteiger partial charge is 0.309 e. The summed E-state index contributed by atoms with van der Waals surface area (Å²) >= 11 is 0. The maximum absolute atomic E-state index is 6.68. The van der Waals surface area contributed by atoms with Crippen LogP contribution >= 0.6 is 0 Å². The minimum absolute atomic E-state index is 1.11. The molecular formula is C7H11N. The van der Waals surface area contributed by atoms with E-state index in [4.69, 9.17) is 5.41 Å². The summed E-state index contributed by atoms with van der Waals surface area (Å²) in [5, 5.41) is 6.68. The fourth-order valence-electron chi connectivity index (χ4n) is 0.450. The van der Waals surface area contributed by atoms with Gasteiger partial charge >= 0.3 is 0 Å². The Kier molecular flexibility index (Phi) is 3.85. The lowest BCUT2D eigenvalue weighted by atomic mass is 10.3. The Bertz CT molecular complexity index is 120. The lowest BCUT2D eigenvalue weighted by Gasteiger charge is -1.82. The van der Waals surface area contributed by atoms with Gasteiger partial charge in [-0.15, -0.1) is 0 Å². The second-order valence-electron chi connectivity index (χ2n) is 1.58. The van der Waals surface area contributed by atoms with Gasteiger partial charge in [-0.2, -0.15) is 0 Å². The Balaban J connectivity index is 3.79. The average Bonchev–Trinajstić information content (AvgIpc) is 1.68. The van der Waals surface area contributed by atoms with Crippen molar-refractivity contribution in [2.24, 2.45) is 0 Å². The topological polar surface area (TPSA) is 23.9 Å². The molecule has 0 saturated heterocycles. The smallest absolute Gasteiger partial charge is 0.0180 e. The first-order valence-electron chi connectivity index (χ1n) is 2.61. The molecule has 0 aliphatic carbocycles. The molecule has 1 heteroatoms. The Morgan fingerprint density at radius 1 is 1.50 bits per heavy atom. The van der Waals surface area contributed by atoms with Gasteiger partial charge in [0.2, 0.25) is 0 Å². The summed E-state index contributed by atoms with van der Waals surface area (Å²) in [6.45, 7) is 3.92. The van der Waals surface area contributed by atoms with E-state index in [9.17, 15) is 0 Å². The van der Waals surface area contributed by atoms with Crippen LogP contribution in [0.1, 0.15) is 13.8 Å². The van der Waals surface area contributed by atoms with E-state index in [1.54, 1.807) is 6.08 Å². The first-order valence-corrected chi connectivity index (χ1v) is 2.61. The van der Waals surface area contributed by atoms with Crippen LogP contribution in [0.25, 0.3) is 0 Å². The van der Waals surface area contributed by atoms with Gasteiger partial charge in [0.15, 0.2) is 0 Å². The highest BCUT2D eigenvalue weighted by Gasteiger charge is 1.72. The van der Waals surface area contributed by atoms with Crippen LogP contribution in [0.15, 0.2) is 23.8 Å². The van der Waals surface area contributed by atoms with Crippen LogP contribution in [0.3, 0.4) is 0 Å². The van der Waals surface area contributed by atoms with Crippen molar-refractivity contribution in [1.82, 2.24) is 0 Å². The number of hydrogen-bond donors (Lipinski definition) is 1. The third-order valence-corrected chi connectivity index (χ3v) is 0.776. The summed E-state index contributed by atoms with van der Waals surface area (Å²) in [6, 6.07) is 0. The van der Waals surface area contributed by atoms with Gasteiger partial charge < -0.3 is 5.41 Å². The second-order valence-corrected chi connectivity index (χ2v) is 1.58. The molecule has 0 aromatic carbocycles. The summed E-state index contributed by atoms with van der Waals surface area (Å²) in [7, 11) is 0. The highest BCUT2D eigenvalue weighted by molar-refractivity contribution is 5.69. The van der Waals surface area contributed by atoms with E-state index in [2.05, 4.69) is 0 Å². The third kappa shape index (κ3) is 3.34. The minimum Gasteiger partial charge on any atom is -0.309 e. The van der Waals surface area contributed by atoms with E-state index in [1.807, 2.05) is 26.0 Å². The predicted molar refractivity (Wildman–Crippen MR) is 37.4 cm³/mol. The van der Waals surface area contributed by atoms with Gasteiger partial charge in [-0.25, -0.2) is 0 Å². The maximum atomic E-state index is 6.68. The molecule has 0 radical (unpaired) electrons. The van der Waals surface area contributed by atoms with Crippen molar-refractivity contribution in [1.29, 1.82) is 5.41 Å². The van der Waals surface area contributed by atoms with Crippen LogP contribution in [0.5, 0.6) is 0 Å². The summed E-state index contributed by atoms with van der Waals surface area (Å²) in [5.41, 5.74) is 1.11. The zero-order chi connectivity index (χ0) is 6.41. The van der Waals surface area contributed by atoms with Crippen LogP contribution < -0.4 is 0 Å². The molecule has 0 unspecified atom stereocenters. The predicted octanol–water partition coefficient (Wildman–Crippen LogP) is 2.16. The number of nitrogens with one attached hydrogen (secondary N) is 1. The van der Waals surface area contributed by atoms with Gasteiger partial charge in [0.25, 0.3) is 0 Å². The van der Waals surface area contributed by atoms with E-state index >= 15 is 0 Å². The summed E-state index contributed by atoms with van der Waals surface area (Å²) in [5.74, 6) is 0. The zero-order valence-electron chi connectivity index (χ0n) is 5.31. The van der Waals surface area contributed by atoms with Crippen molar-refractivity contribution >= 4 is 6.21 Å². The fraction of sp³-hybridized carbons (Fsp3) is 0.286. The monoisotopic (exact) mass is 109 g/mol. The van der Waals surface area contributed by atoms with E-state index in [0.717, 1.165) is 5.57 Å². The molecule has 0 bridgehead atoms. The molecule has 0 heterocycles. The molecule has 0 fully saturated rings. The van der Waals surface area contributed by atoms with Gasteiger partial charge in [0, 0.05) is 6.21 Å². The molecule has 0 aromatic rings. The SMILES string of the molecule is C/C=C/C(C)=C\C=N. The van der Waals surface area contributed by atoms with E-state index in [1.165, 1.54) is 6.21 Å². The average molecular weight is 109 g/mol. The molecule has 44 valence electrons. The first kappa shape index (κ1) is 7.15. The molecule has 1 N–H and O–H groups in total. The molecule has 0 rings (SSSR count). The second kappa shape index (κ2) is 4.31. The molecule has 0 spiro atoms. The standard InChI is InChI=1S/C7H11N/c1-3-4-7(2)5-6-8/h3-6,8H,1-2H3/b4-3+,7-5-,8-6?. The van der Waals surface area contributed by atoms with Crippen LogP contribution in [0, 0.1) is 5.41 Å². The number of allylic oxidation sites excluding steroid dienone is 4. The van der Waals surface area contributed by atoms with Crippen LogP contribution in [0.4, 0.5) is 0 Å². The van der Waals surface area contributed by atoms with Crippen LogP contribution in [-0.4, -0.2) is 6.21 Å². The summed E-state index contributed by atoms with van der Waals surface area (Å²) in [6.07, 6.45) is 6.95. The first-order chi connectivity index (χ1) is 3.81.